The largest absolute Gasteiger partial charge is 0.382 e. The van der Waals surface area contributed by atoms with Gasteiger partial charge in [-0.1, -0.05) is 6.92 Å². The Bertz CT molecular complexity index is 142. The monoisotopic (exact) mass is 170 g/mol. The van der Waals surface area contributed by atoms with Crippen molar-refractivity contribution in [3.8, 4) is 0 Å². The Morgan fingerprint density at radius 2 is 2.08 bits per heavy atom. The second-order valence-electron chi connectivity index (χ2n) is 3.15. The lowest BCUT2D eigenvalue weighted by atomic mass is 9.86. The molecule has 0 aromatic heterocycles. The Morgan fingerprint density at radius 3 is 2.58 bits per heavy atom. The van der Waals surface area contributed by atoms with Gasteiger partial charge < -0.3 is 14.2 Å². The molecular formula is C8H15BO3. The summed E-state index contributed by atoms with van der Waals surface area (Å²) in [7, 11) is 9.02. The van der Waals surface area contributed by atoms with Gasteiger partial charge in [0.2, 0.25) is 0 Å². The molecule has 4 heteroatoms. The fourth-order valence-corrected chi connectivity index (χ4v) is 1.59. The summed E-state index contributed by atoms with van der Waals surface area (Å²) in [5.74, 6) is 0.232. The van der Waals surface area contributed by atoms with E-state index in [9.17, 15) is 0 Å². The molecule has 0 amide bonds. The van der Waals surface area contributed by atoms with E-state index in [1.54, 1.807) is 14.2 Å². The number of ether oxygens (including phenoxy) is 3. The van der Waals surface area contributed by atoms with E-state index in [1.807, 2.05) is 6.92 Å². The molecule has 1 aliphatic heterocycles. The van der Waals surface area contributed by atoms with Crippen molar-refractivity contribution >= 4 is 7.85 Å². The van der Waals surface area contributed by atoms with E-state index in [2.05, 4.69) is 0 Å². The fourth-order valence-electron chi connectivity index (χ4n) is 1.59. The van der Waals surface area contributed by atoms with Crippen molar-refractivity contribution in [1.29, 1.82) is 0 Å². The van der Waals surface area contributed by atoms with Crippen LogP contribution in [0.3, 0.4) is 0 Å². The number of hydrogen-bond acceptors (Lipinski definition) is 3. The van der Waals surface area contributed by atoms with Crippen LogP contribution in [0, 0.1) is 5.92 Å². The summed E-state index contributed by atoms with van der Waals surface area (Å²) >= 11 is 0. The van der Waals surface area contributed by atoms with Crippen LogP contribution in [-0.4, -0.2) is 46.9 Å². The third kappa shape index (κ3) is 1.81. The normalized spacial score (nSPS) is 41.9. The lowest BCUT2D eigenvalue weighted by Crippen LogP contribution is -2.31. The molecule has 4 atom stereocenters. The van der Waals surface area contributed by atoms with E-state index < -0.39 is 0 Å². The van der Waals surface area contributed by atoms with E-state index in [1.165, 1.54) is 0 Å². The second kappa shape index (κ2) is 4.26. The Kier molecular flexibility index (Phi) is 3.56. The molecule has 0 bridgehead atoms. The van der Waals surface area contributed by atoms with Gasteiger partial charge in [-0.05, 0) is 0 Å². The van der Waals surface area contributed by atoms with Gasteiger partial charge in [0.25, 0.3) is 0 Å². The van der Waals surface area contributed by atoms with Gasteiger partial charge in [0, 0.05) is 26.1 Å². The topological polar surface area (TPSA) is 27.7 Å². The van der Waals surface area contributed by atoms with Gasteiger partial charge in [-0.25, -0.2) is 0 Å². The third-order valence-corrected chi connectivity index (χ3v) is 2.34. The van der Waals surface area contributed by atoms with Crippen LogP contribution in [0.2, 0.25) is 0 Å². The van der Waals surface area contributed by atoms with Crippen molar-refractivity contribution < 1.29 is 14.2 Å². The van der Waals surface area contributed by atoms with Crippen LogP contribution in [0.1, 0.15) is 6.92 Å². The molecule has 68 valence electrons. The summed E-state index contributed by atoms with van der Waals surface area (Å²) in [4.78, 5) is 0. The maximum atomic E-state index is 5.71. The SMILES string of the molecule is [B][C@@H]1O[C@H](COC)[C@H](OC)C1C. The first-order valence-electron chi connectivity index (χ1n) is 4.13. The van der Waals surface area contributed by atoms with Gasteiger partial charge in [0.05, 0.1) is 12.7 Å². The molecule has 1 saturated heterocycles. The van der Waals surface area contributed by atoms with E-state index in [0.717, 1.165) is 0 Å². The van der Waals surface area contributed by atoms with Gasteiger partial charge in [-0.15, -0.1) is 0 Å². The first-order valence-corrected chi connectivity index (χ1v) is 4.13. The van der Waals surface area contributed by atoms with Crippen molar-refractivity contribution in [3.05, 3.63) is 0 Å². The molecule has 0 spiro atoms. The van der Waals surface area contributed by atoms with Gasteiger partial charge in [-0.3, -0.25) is 0 Å². The highest BCUT2D eigenvalue weighted by Crippen LogP contribution is 2.27. The highest BCUT2D eigenvalue weighted by Gasteiger charge is 2.39. The molecule has 3 nitrogen and oxygen atoms in total. The third-order valence-electron chi connectivity index (χ3n) is 2.34. The Labute approximate surface area is 74.8 Å². The minimum atomic E-state index is -0.227. The van der Waals surface area contributed by atoms with Crippen molar-refractivity contribution in [2.45, 2.75) is 25.1 Å². The molecule has 0 saturated carbocycles. The minimum Gasteiger partial charge on any atom is -0.382 e. The fraction of sp³-hybridized carbons (Fsp3) is 1.00. The van der Waals surface area contributed by atoms with Crippen LogP contribution in [0.4, 0.5) is 0 Å². The molecule has 0 N–H and O–H groups in total. The van der Waals surface area contributed by atoms with Crippen LogP contribution in [-0.2, 0) is 14.2 Å². The summed E-state index contributed by atoms with van der Waals surface area (Å²) in [6.07, 6.45) is 0.0324. The summed E-state index contributed by atoms with van der Waals surface area (Å²) < 4.78 is 15.7. The van der Waals surface area contributed by atoms with Crippen LogP contribution < -0.4 is 0 Å². The summed E-state index contributed by atoms with van der Waals surface area (Å²) in [5, 5.41) is 0. The van der Waals surface area contributed by atoms with Crippen molar-refractivity contribution in [1.82, 2.24) is 0 Å². The first kappa shape index (κ1) is 10.0. The standard InChI is InChI=1S/C8H15BO3/c1-5-7(11-3)6(4-10-2)12-8(5)9/h5-8H,4H2,1-3H3/t5?,6-,7-,8-/m1/s1. The van der Waals surface area contributed by atoms with Gasteiger partial charge in [0.15, 0.2) is 0 Å². The molecular weight excluding hydrogens is 155 g/mol. The van der Waals surface area contributed by atoms with Gasteiger partial charge in [0.1, 0.15) is 14.0 Å². The van der Waals surface area contributed by atoms with Crippen molar-refractivity contribution in [2.75, 3.05) is 20.8 Å². The molecule has 1 fully saturated rings. The highest BCUT2D eigenvalue weighted by atomic mass is 16.6. The summed E-state index contributed by atoms with van der Waals surface area (Å²) in [6, 6.07) is -0.227. The zero-order valence-corrected chi connectivity index (χ0v) is 7.82. The van der Waals surface area contributed by atoms with Crippen molar-refractivity contribution in [3.63, 3.8) is 0 Å². The van der Waals surface area contributed by atoms with E-state index >= 15 is 0 Å². The maximum absolute atomic E-state index is 5.71. The molecule has 0 aliphatic carbocycles. The smallest absolute Gasteiger partial charge is 0.109 e. The first-order chi connectivity index (χ1) is 5.70. The zero-order chi connectivity index (χ0) is 9.14. The molecule has 0 aromatic carbocycles. The molecule has 1 rings (SSSR count). The molecule has 12 heavy (non-hydrogen) atoms. The number of methoxy groups -OCH3 is 2. The summed E-state index contributed by atoms with van der Waals surface area (Å²) in [5.41, 5.74) is 0. The van der Waals surface area contributed by atoms with Crippen molar-refractivity contribution in [2.24, 2.45) is 5.92 Å². The lowest BCUT2D eigenvalue weighted by molar-refractivity contribution is -0.0335. The van der Waals surface area contributed by atoms with E-state index in [-0.39, 0.29) is 24.1 Å². The van der Waals surface area contributed by atoms with Crippen LogP contribution in [0.15, 0.2) is 0 Å². The minimum absolute atomic E-state index is 0.0231. The van der Waals surface area contributed by atoms with Crippen LogP contribution in [0.25, 0.3) is 0 Å². The van der Waals surface area contributed by atoms with Gasteiger partial charge in [-0.2, -0.15) is 0 Å². The Balaban J connectivity index is 2.52. The molecule has 1 unspecified atom stereocenters. The van der Waals surface area contributed by atoms with E-state index in [0.29, 0.717) is 6.61 Å². The quantitative estimate of drug-likeness (QED) is 0.565. The Hall–Kier alpha value is -0.0551. The number of rotatable bonds is 3. The second-order valence-corrected chi connectivity index (χ2v) is 3.15. The molecule has 1 heterocycles. The van der Waals surface area contributed by atoms with Gasteiger partial charge >= 0.3 is 0 Å². The highest BCUT2D eigenvalue weighted by molar-refractivity contribution is 6.11. The van der Waals surface area contributed by atoms with Crippen LogP contribution >= 0.6 is 0 Å². The molecule has 0 aromatic rings. The molecule has 2 radical (unpaired) electrons. The zero-order valence-electron chi connectivity index (χ0n) is 7.82. The van der Waals surface area contributed by atoms with E-state index in [4.69, 9.17) is 22.1 Å². The van der Waals surface area contributed by atoms with Crippen LogP contribution in [0.5, 0.6) is 0 Å². The predicted octanol–water partition coefficient (Wildman–Crippen LogP) is 0.177. The summed E-state index contributed by atoms with van der Waals surface area (Å²) in [6.45, 7) is 2.56. The predicted molar refractivity (Wildman–Crippen MR) is 46.3 cm³/mol. The Morgan fingerprint density at radius 1 is 1.42 bits per heavy atom. The maximum Gasteiger partial charge on any atom is 0.109 e. The lowest BCUT2D eigenvalue weighted by Gasteiger charge is -2.18. The average molecular weight is 170 g/mol. The number of hydrogen-bond donors (Lipinski definition) is 0. The average Bonchev–Trinajstić information content (AvgIpc) is 2.29. The molecule has 1 aliphatic rings.